The first-order valence-corrected chi connectivity index (χ1v) is 11.1. The topological polar surface area (TPSA) is 65.0 Å². The van der Waals surface area contributed by atoms with E-state index in [-0.39, 0.29) is 11.9 Å². The maximum atomic E-state index is 13.2. The molecule has 1 saturated heterocycles. The van der Waals surface area contributed by atoms with E-state index in [0.717, 1.165) is 29.9 Å². The van der Waals surface area contributed by atoms with Crippen LogP contribution in [0.1, 0.15) is 52.8 Å². The second kappa shape index (κ2) is 9.75. The van der Waals surface area contributed by atoms with E-state index in [1.54, 1.807) is 14.2 Å². The summed E-state index contributed by atoms with van der Waals surface area (Å²) in [5.74, 6) is 1.90. The molecular weight excluding hydrogens is 394 g/mol. The Labute approximate surface area is 184 Å². The molecule has 1 atom stereocenters. The number of nitrogens with one attached hydrogen (secondary N) is 1. The number of benzene rings is 1. The number of hydrogen-bond donors (Lipinski definition) is 1. The summed E-state index contributed by atoms with van der Waals surface area (Å²) in [6.07, 6.45) is 5.58. The van der Waals surface area contributed by atoms with Crippen LogP contribution in [0.25, 0.3) is 0 Å². The summed E-state index contributed by atoms with van der Waals surface area (Å²) in [7, 11) is 5.31. The zero-order valence-electron chi connectivity index (χ0n) is 18.7. The summed E-state index contributed by atoms with van der Waals surface area (Å²) in [6, 6.07) is 7.96. The molecule has 2 aliphatic rings. The molecule has 7 nitrogen and oxygen atoms in total. The van der Waals surface area contributed by atoms with Crippen molar-refractivity contribution in [3.8, 4) is 11.5 Å². The van der Waals surface area contributed by atoms with E-state index in [2.05, 4.69) is 20.9 Å². The highest BCUT2D eigenvalue weighted by Crippen LogP contribution is 2.38. The van der Waals surface area contributed by atoms with Gasteiger partial charge in [0.2, 0.25) is 0 Å². The van der Waals surface area contributed by atoms with Crippen LogP contribution in [0.2, 0.25) is 0 Å². The normalized spacial score (nSPS) is 18.3. The second-order valence-electron chi connectivity index (χ2n) is 8.34. The van der Waals surface area contributed by atoms with E-state index in [1.807, 2.05) is 31.4 Å². The number of carbonyl (C=O) groups is 1. The fraction of sp³-hybridized carbons (Fsp3) is 0.542. The summed E-state index contributed by atoms with van der Waals surface area (Å²) in [6.45, 7) is 3.57. The molecule has 1 N–H and O–H groups in total. The van der Waals surface area contributed by atoms with Crippen LogP contribution in [0.4, 0.5) is 0 Å². The van der Waals surface area contributed by atoms with Gasteiger partial charge in [-0.25, -0.2) is 0 Å². The lowest BCUT2D eigenvalue weighted by Crippen LogP contribution is -2.44. The first kappa shape index (κ1) is 21.7. The van der Waals surface area contributed by atoms with Crippen molar-refractivity contribution in [2.45, 2.75) is 31.2 Å². The van der Waals surface area contributed by atoms with Gasteiger partial charge in [-0.1, -0.05) is 12.5 Å². The lowest BCUT2D eigenvalue weighted by atomic mass is 9.81. The number of rotatable bonds is 8. The van der Waals surface area contributed by atoms with E-state index in [1.165, 1.54) is 19.3 Å². The van der Waals surface area contributed by atoms with Crippen molar-refractivity contribution in [2.75, 3.05) is 47.1 Å². The van der Waals surface area contributed by atoms with E-state index in [4.69, 9.17) is 14.2 Å². The Morgan fingerprint density at radius 2 is 1.90 bits per heavy atom. The number of amides is 1. The van der Waals surface area contributed by atoms with Crippen LogP contribution >= 0.6 is 0 Å². The molecule has 7 heteroatoms. The molecule has 168 valence electrons. The maximum absolute atomic E-state index is 13.2. The summed E-state index contributed by atoms with van der Waals surface area (Å²) < 4.78 is 18.6. The van der Waals surface area contributed by atoms with Crippen molar-refractivity contribution in [1.29, 1.82) is 0 Å². The molecule has 2 aromatic rings. The Balaban J connectivity index is 1.54. The van der Waals surface area contributed by atoms with E-state index < -0.39 is 0 Å². The van der Waals surface area contributed by atoms with Crippen LogP contribution in [0, 0.1) is 0 Å². The number of ether oxygens (including phenoxy) is 3. The molecule has 4 rings (SSSR count). The SMILES string of the molecule is COc1ccc(C(CNC(=O)c2ccn(C)c2C2CCC2)N2CCOCC2)cc1OC. The first-order valence-electron chi connectivity index (χ1n) is 11.1. The van der Waals surface area contributed by atoms with Gasteiger partial charge < -0.3 is 24.1 Å². The predicted octanol–water partition coefficient (Wildman–Crippen LogP) is 3.11. The number of aromatic nitrogens is 1. The number of methoxy groups -OCH3 is 2. The molecule has 1 aliphatic carbocycles. The van der Waals surface area contributed by atoms with Crippen molar-refractivity contribution < 1.29 is 19.0 Å². The molecule has 1 amide bonds. The molecule has 0 spiro atoms. The molecule has 0 bridgehead atoms. The summed E-state index contributed by atoms with van der Waals surface area (Å²) in [5, 5.41) is 3.21. The Kier molecular flexibility index (Phi) is 6.83. The minimum absolute atomic E-state index is 0.00114. The van der Waals surface area contributed by atoms with Crippen molar-refractivity contribution in [3.05, 3.63) is 47.3 Å². The highest BCUT2D eigenvalue weighted by molar-refractivity contribution is 5.95. The third kappa shape index (κ3) is 4.57. The molecule has 31 heavy (non-hydrogen) atoms. The molecule has 1 saturated carbocycles. The fourth-order valence-electron chi connectivity index (χ4n) is 4.62. The zero-order valence-corrected chi connectivity index (χ0v) is 18.7. The van der Waals surface area contributed by atoms with Gasteiger partial charge in [0.1, 0.15) is 0 Å². The third-order valence-corrected chi connectivity index (χ3v) is 6.59. The third-order valence-electron chi connectivity index (χ3n) is 6.59. The number of hydrogen-bond acceptors (Lipinski definition) is 5. The van der Waals surface area contributed by atoms with Gasteiger partial charge in [0.15, 0.2) is 11.5 Å². The van der Waals surface area contributed by atoms with Gasteiger partial charge >= 0.3 is 0 Å². The minimum Gasteiger partial charge on any atom is -0.493 e. The number of morpholine rings is 1. The van der Waals surface area contributed by atoms with Gasteiger partial charge in [-0.3, -0.25) is 9.69 Å². The van der Waals surface area contributed by atoms with Crippen LogP contribution in [0.5, 0.6) is 11.5 Å². The van der Waals surface area contributed by atoms with Gasteiger partial charge in [-0.2, -0.15) is 0 Å². The average Bonchev–Trinajstić information content (AvgIpc) is 3.14. The monoisotopic (exact) mass is 427 g/mol. The summed E-state index contributed by atoms with van der Waals surface area (Å²) in [4.78, 5) is 15.5. The second-order valence-corrected chi connectivity index (χ2v) is 8.34. The van der Waals surface area contributed by atoms with Crippen LogP contribution in [-0.4, -0.2) is 62.4 Å². The lowest BCUT2D eigenvalue weighted by Gasteiger charge is -2.35. The van der Waals surface area contributed by atoms with Crippen LogP contribution < -0.4 is 14.8 Å². The van der Waals surface area contributed by atoms with Crippen LogP contribution in [0.15, 0.2) is 30.5 Å². The average molecular weight is 428 g/mol. The van der Waals surface area contributed by atoms with Gasteiger partial charge in [0, 0.05) is 38.6 Å². The molecule has 1 aromatic carbocycles. The molecule has 2 heterocycles. The molecule has 1 aliphatic heterocycles. The molecule has 2 fully saturated rings. The largest absolute Gasteiger partial charge is 0.493 e. The van der Waals surface area contributed by atoms with Crippen molar-refractivity contribution in [2.24, 2.45) is 7.05 Å². The Bertz CT molecular complexity index is 900. The van der Waals surface area contributed by atoms with E-state index in [0.29, 0.717) is 37.2 Å². The van der Waals surface area contributed by atoms with Gasteiger partial charge in [0.25, 0.3) is 5.91 Å². The van der Waals surface area contributed by atoms with Gasteiger partial charge in [-0.15, -0.1) is 0 Å². The Morgan fingerprint density at radius 3 is 2.55 bits per heavy atom. The number of carbonyl (C=O) groups excluding carboxylic acids is 1. The number of nitrogens with zero attached hydrogens (tertiary/aromatic N) is 2. The van der Waals surface area contributed by atoms with Gasteiger partial charge in [-0.05, 0) is 42.5 Å². The summed E-state index contributed by atoms with van der Waals surface area (Å²) in [5.41, 5.74) is 3.06. The smallest absolute Gasteiger partial charge is 0.253 e. The van der Waals surface area contributed by atoms with Crippen molar-refractivity contribution >= 4 is 5.91 Å². The number of aryl methyl sites for hydroxylation is 1. The lowest BCUT2D eigenvalue weighted by molar-refractivity contribution is 0.0162. The van der Waals surface area contributed by atoms with Crippen molar-refractivity contribution in [3.63, 3.8) is 0 Å². The fourth-order valence-corrected chi connectivity index (χ4v) is 4.62. The summed E-state index contributed by atoms with van der Waals surface area (Å²) >= 11 is 0. The maximum Gasteiger partial charge on any atom is 0.253 e. The Hall–Kier alpha value is -2.51. The Morgan fingerprint density at radius 1 is 1.16 bits per heavy atom. The van der Waals surface area contributed by atoms with E-state index in [9.17, 15) is 4.79 Å². The molecular formula is C24H33N3O4. The molecule has 1 unspecified atom stereocenters. The quantitative estimate of drug-likeness (QED) is 0.701. The minimum atomic E-state index is 0.00114. The standard InChI is InChI=1S/C24H33N3O4/c1-26-10-9-19(23(26)17-5-4-6-17)24(28)25-16-20(27-11-13-31-14-12-27)18-7-8-21(29-2)22(15-18)30-3/h7-10,15,17,20H,4-6,11-14,16H2,1-3H3,(H,25,28). The van der Waals surface area contributed by atoms with Crippen LogP contribution in [0.3, 0.4) is 0 Å². The zero-order chi connectivity index (χ0) is 21.8. The van der Waals surface area contributed by atoms with Crippen LogP contribution in [-0.2, 0) is 11.8 Å². The molecule has 0 radical (unpaired) electrons. The molecule has 1 aromatic heterocycles. The predicted molar refractivity (Wildman–Crippen MR) is 119 cm³/mol. The highest BCUT2D eigenvalue weighted by Gasteiger charge is 2.29. The first-order chi connectivity index (χ1) is 15.1. The highest BCUT2D eigenvalue weighted by atomic mass is 16.5. The van der Waals surface area contributed by atoms with E-state index >= 15 is 0 Å². The van der Waals surface area contributed by atoms with Crippen molar-refractivity contribution in [1.82, 2.24) is 14.8 Å². The van der Waals surface area contributed by atoms with Gasteiger partial charge in [0.05, 0.1) is 39.0 Å².